The van der Waals surface area contributed by atoms with Crippen molar-refractivity contribution in [1.29, 1.82) is 0 Å². The molecule has 0 bridgehead atoms. The first-order valence-corrected chi connectivity index (χ1v) is 8.96. The molecule has 6 heteroatoms. The van der Waals surface area contributed by atoms with Crippen LogP contribution in [0.15, 0.2) is 36.5 Å². The third-order valence-electron chi connectivity index (χ3n) is 4.96. The molecule has 0 saturated heterocycles. The van der Waals surface area contributed by atoms with Crippen molar-refractivity contribution in [2.75, 3.05) is 14.1 Å². The number of amides is 1. The van der Waals surface area contributed by atoms with Gasteiger partial charge in [-0.15, -0.1) is 0 Å². The number of nitrogens with zero attached hydrogens (tertiary/aromatic N) is 3. The molecule has 0 saturated carbocycles. The van der Waals surface area contributed by atoms with Gasteiger partial charge in [0.1, 0.15) is 0 Å². The van der Waals surface area contributed by atoms with Crippen LogP contribution in [-0.4, -0.2) is 44.5 Å². The number of hydrogen-bond donors (Lipinski definition) is 2. The number of aromatic hydroxyl groups is 1. The van der Waals surface area contributed by atoms with Gasteiger partial charge in [0.25, 0.3) is 5.91 Å². The van der Waals surface area contributed by atoms with E-state index in [4.69, 9.17) is 0 Å². The largest absolute Gasteiger partial charge is 0.504 e. The van der Waals surface area contributed by atoms with Gasteiger partial charge in [-0.1, -0.05) is 30.3 Å². The predicted octanol–water partition coefficient (Wildman–Crippen LogP) is 3.02. The Kier molecular flexibility index (Phi) is 5.19. The quantitative estimate of drug-likeness (QED) is 0.727. The van der Waals surface area contributed by atoms with Crippen molar-refractivity contribution in [3.8, 4) is 5.75 Å². The number of pyridine rings is 1. The molecule has 142 valence electrons. The smallest absolute Gasteiger partial charge is 0.255 e. The van der Waals surface area contributed by atoms with Gasteiger partial charge in [-0.3, -0.25) is 4.79 Å². The summed E-state index contributed by atoms with van der Waals surface area (Å²) in [5.41, 5.74) is 3.86. The van der Waals surface area contributed by atoms with E-state index in [0.717, 1.165) is 17.0 Å². The van der Waals surface area contributed by atoms with Crippen molar-refractivity contribution in [2.24, 2.45) is 0 Å². The topological polar surface area (TPSA) is 78.1 Å². The van der Waals surface area contributed by atoms with E-state index in [1.807, 2.05) is 44.2 Å². The maximum absolute atomic E-state index is 12.7. The van der Waals surface area contributed by atoms with Crippen LogP contribution >= 0.6 is 0 Å². The fraction of sp³-hybridized carbons (Fsp3) is 0.333. The lowest BCUT2D eigenvalue weighted by Gasteiger charge is -2.18. The van der Waals surface area contributed by atoms with Crippen LogP contribution in [0, 0.1) is 13.8 Å². The lowest BCUT2D eigenvalue weighted by molar-refractivity contribution is 0.0824. The van der Waals surface area contributed by atoms with Crippen molar-refractivity contribution in [3.63, 3.8) is 0 Å². The van der Waals surface area contributed by atoms with Crippen molar-refractivity contribution in [2.45, 2.75) is 32.8 Å². The van der Waals surface area contributed by atoms with Crippen LogP contribution in [0.25, 0.3) is 5.65 Å². The first-order valence-electron chi connectivity index (χ1n) is 8.96. The van der Waals surface area contributed by atoms with Gasteiger partial charge >= 0.3 is 0 Å². The van der Waals surface area contributed by atoms with Gasteiger partial charge in [-0.2, -0.15) is 0 Å². The zero-order valence-electron chi connectivity index (χ0n) is 16.1. The van der Waals surface area contributed by atoms with E-state index in [9.17, 15) is 15.0 Å². The number of carbonyl (C=O) groups excluding carboxylic acids is 1. The number of fused-ring (bicyclic) bond motifs is 1. The van der Waals surface area contributed by atoms with Crippen LogP contribution in [0.2, 0.25) is 0 Å². The summed E-state index contributed by atoms with van der Waals surface area (Å²) in [7, 11) is 3.36. The molecule has 0 aliphatic heterocycles. The maximum Gasteiger partial charge on any atom is 0.255 e. The molecular weight excluding hydrogens is 342 g/mol. The van der Waals surface area contributed by atoms with E-state index in [-0.39, 0.29) is 11.7 Å². The van der Waals surface area contributed by atoms with E-state index in [1.54, 1.807) is 24.7 Å². The first kappa shape index (κ1) is 18.9. The van der Waals surface area contributed by atoms with Gasteiger partial charge in [0, 0.05) is 31.5 Å². The molecule has 0 spiro atoms. The fourth-order valence-electron chi connectivity index (χ4n) is 3.22. The van der Waals surface area contributed by atoms with Gasteiger partial charge in [-0.05, 0) is 32.3 Å². The molecule has 1 amide bonds. The highest BCUT2D eigenvalue weighted by molar-refractivity contribution is 5.96. The zero-order valence-corrected chi connectivity index (χ0v) is 16.1. The molecule has 2 aromatic heterocycles. The number of aliphatic hydroxyl groups excluding tert-OH is 1. The SMILES string of the molecule is Cc1nc2c(O)c(CC[C@H](O)c3ccccc3)c(C(=O)N(C)C)cn2c1C. The highest BCUT2D eigenvalue weighted by Gasteiger charge is 2.23. The van der Waals surface area contributed by atoms with E-state index < -0.39 is 6.10 Å². The van der Waals surface area contributed by atoms with E-state index in [1.165, 1.54) is 4.90 Å². The van der Waals surface area contributed by atoms with Gasteiger partial charge < -0.3 is 19.5 Å². The predicted molar refractivity (Wildman–Crippen MR) is 104 cm³/mol. The first-order chi connectivity index (χ1) is 12.8. The van der Waals surface area contributed by atoms with E-state index in [2.05, 4.69) is 4.98 Å². The number of imidazole rings is 1. The number of aromatic nitrogens is 2. The summed E-state index contributed by atoms with van der Waals surface area (Å²) < 4.78 is 1.75. The zero-order chi connectivity index (χ0) is 19.7. The average molecular weight is 367 g/mol. The number of aliphatic hydroxyl groups is 1. The number of carbonyl (C=O) groups is 1. The minimum absolute atomic E-state index is 0.000776. The molecule has 2 heterocycles. The van der Waals surface area contributed by atoms with Crippen molar-refractivity contribution in [1.82, 2.24) is 14.3 Å². The minimum atomic E-state index is -0.674. The van der Waals surface area contributed by atoms with E-state index >= 15 is 0 Å². The van der Waals surface area contributed by atoms with Crippen molar-refractivity contribution in [3.05, 3.63) is 64.6 Å². The van der Waals surface area contributed by atoms with Crippen molar-refractivity contribution < 1.29 is 15.0 Å². The number of hydrogen-bond acceptors (Lipinski definition) is 4. The molecule has 1 aromatic carbocycles. The summed E-state index contributed by atoms with van der Waals surface area (Å²) in [6, 6.07) is 9.37. The molecule has 0 radical (unpaired) electrons. The third-order valence-corrected chi connectivity index (χ3v) is 4.96. The summed E-state index contributed by atoms with van der Waals surface area (Å²) >= 11 is 0. The van der Waals surface area contributed by atoms with Gasteiger partial charge in [-0.25, -0.2) is 4.98 Å². The Bertz CT molecular complexity index is 977. The normalized spacial score (nSPS) is 12.3. The second kappa shape index (κ2) is 7.40. The molecule has 2 N–H and O–H groups in total. The molecule has 27 heavy (non-hydrogen) atoms. The summed E-state index contributed by atoms with van der Waals surface area (Å²) in [4.78, 5) is 18.6. The minimum Gasteiger partial charge on any atom is -0.504 e. The fourth-order valence-corrected chi connectivity index (χ4v) is 3.22. The van der Waals surface area contributed by atoms with Gasteiger partial charge in [0.2, 0.25) is 0 Å². The molecule has 0 fully saturated rings. The van der Waals surface area contributed by atoms with Crippen LogP contribution in [0.1, 0.15) is 45.4 Å². The number of aryl methyl sites for hydroxylation is 2. The number of rotatable bonds is 5. The highest BCUT2D eigenvalue weighted by atomic mass is 16.3. The van der Waals surface area contributed by atoms with Gasteiger partial charge in [0.05, 0.1) is 17.4 Å². The lowest BCUT2D eigenvalue weighted by Crippen LogP contribution is -2.24. The Hall–Kier alpha value is -2.86. The van der Waals surface area contributed by atoms with Crippen LogP contribution in [0.5, 0.6) is 5.75 Å². The van der Waals surface area contributed by atoms with E-state index in [0.29, 0.717) is 29.6 Å². The summed E-state index contributed by atoms with van der Waals surface area (Å²) in [5.74, 6) is -0.193. The van der Waals surface area contributed by atoms with Crippen LogP contribution in [0.3, 0.4) is 0 Å². The highest BCUT2D eigenvalue weighted by Crippen LogP contribution is 2.31. The molecule has 6 nitrogen and oxygen atoms in total. The summed E-state index contributed by atoms with van der Waals surface area (Å²) in [6.45, 7) is 3.77. The molecule has 3 aromatic rings. The number of benzene rings is 1. The Morgan fingerprint density at radius 1 is 1.22 bits per heavy atom. The van der Waals surface area contributed by atoms with Crippen LogP contribution < -0.4 is 0 Å². The molecular formula is C21H25N3O3. The van der Waals surface area contributed by atoms with Crippen LogP contribution in [-0.2, 0) is 6.42 Å². The Balaban J connectivity index is 2.03. The monoisotopic (exact) mass is 367 g/mol. The summed E-state index contributed by atoms with van der Waals surface area (Å²) in [5, 5.41) is 21.3. The average Bonchev–Trinajstić information content (AvgIpc) is 2.95. The molecule has 0 unspecified atom stereocenters. The third kappa shape index (κ3) is 3.53. The van der Waals surface area contributed by atoms with Crippen molar-refractivity contribution >= 4 is 11.6 Å². The molecule has 1 atom stereocenters. The Morgan fingerprint density at radius 2 is 1.89 bits per heavy atom. The molecule has 3 rings (SSSR count). The van der Waals surface area contributed by atoms with Gasteiger partial charge in [0.15, 0.2) is 11.4 Å². The maximum atomic E-state index is 12.7. The standard InChI is InChI=1S/C21H25N3O3/c1-13-14(2)24-12-17(21(27)23(3)4)16(19(26)20(24)22-13)10-11-18(25)15-8-6-5-7-9-15/h5-9,12,18,25-26H,10-11H2,1-4H3/t18-/m0/s1. The second-order valence-electron chi connectivity index (χ2n) is 7.01. The Morgan fingerprint density at radius 3 is 2.52 bits per heavy atom. The molecule has 0 aliphatic carbocycles. The lowest BCUT2D eigenvalue weighted by atomic mass is 9.98. The molecule has 0 aliphatic rings. The second-order valence-corrected chi connectivity index (χ2v) is 7.01. The summed E-state index contributed by atoms with van der Waals surface area (Å²) in [6.07, 6.45) is 1.81. The van der Waals surface area contributed by atoms with Crippen LogP contribution in [0.4, 0.5) is 0 Å². The Labute approximate surface area is 158 Å².